The van der Waals surface area contributed by atoms with Gasteiger partial charge in [0.1, 0.15) is 5.49 Å². The summed E-state index contributed by atoms with van der Waals surface area (Å²) < 4.78 is 0. The van der Waals surface area contributed by atoms with Crippen molar-refractivity contribution >= 4 is 29.4 Å². The van der Waals surface area contributed by atoms with Crippen LogP contribution in [0, 0.1) is 0 Å². The molecule has 0 saturated heterocycles. The summed E-state index contributed by atoms with van der Waals surface area (Å²) in [5.74, 6) is 0. The summed E-state index contributed by atoms with van der Waals surface area (Å²) in [5.41, 5.74) is 2.83. The summed E-state index contributed by atoms with van der Waals surface area (Å²) in [6.07, 6.45) is 0. The van der Waals surface area contributed by atoms with Crippen molar-refractivity contribution in [3.63, 3.8) is 0 Å². The number of urea groups is 1. The van der Waals surface area contributed by atoms with E-state index in [0.29, 0.717) is 0 Å². The molecule has 2 amide bonds. The molecule has 0 aliphatic carbocycles. The minimum Gasteiger partial charge on any atom is -0.308 e. The SMILES string of the molecule is O=C(N[C]=S)Nc1ccccc1. The third-order valence-electron chi connectivity index (χ3n) is 1.20. The molecular formula is C8H7N2OS. The van der Waals surface area contributed by atoms with E-state index in [9.17, 15) is 4.79 Å². The molecule has 12 heavy (non-hydrogen) atoms. The molecule has 0 aromatic heterocycles. The van der Waals surface area contributed by atoms with Crippen molar-refractivity contribution in [2.45, 2.75) is 0 Å². The zero-order valence-electron chi connectivity index (χ0n) is 6.20. The highest BCUT2D eigenvalue weighted by Gasteiger charge is 1.96. The van der Waals surface area contributed by atoms with Gasteiger partial charge in [-0.2, -0.15) is 0 Å². The Morgan fingerprint density at radius 1 is 1.33 bits per heavy atom. The van der Waals surface area contributed by atoms with E-state index in [1.54, 1.807) is 12.1 Å². The van der Waals surface area contributed by atoms with Crippen molar-refractivity contribution in [3.05, 3.63) is 30.3 Å². The van der Waals surface area contributed by atoms with Crippen LogP contribution in [0.4, 0.5) is 10.5 Å². The third kappa shape index (κ3) is 2.67. The van der Waals surface area contributed by atoms with Crippen LogP contribution in [0.1, 0.15) is 0 Å². The maximum absolute atomic E-state index is 10.9. The lowest BCUT2D eigenvalue weighted by Crippen LogP contribution is -2.26. The minimum absolute atomic E-state index is 0.379. The predicted molar refractivity (Wildman–Crippen MR) is 51.2 cm³/mol. The lowest BCUT2D eigenvalue weighted by atomic mass is 10.3. The van der Waals surface area contributed by atoms with E-state index in [0.717, 1.165) is 5.69 Å². The number of nitrogens with one attached hydrogen (secondary N) is 2. The monoisotopic (exact) mass is 179 g/mol. The van der Waals surface area contributed by atoms with Crippen molar-refractivity contribution < 1.29 is 4.79 Å². The van der Waals surface area contributed by atoms with E-state index < -0.39 is 0 Å². The molecule has 0 aliphatic rings. The van der Waals surface area contributed by atoms with Crippen LogP contribution in [-0.2, 0) is 0 Å². The number of thiocarbonyl (C=S) groups is 1. The predicted octanol–water partition coefficient (Wildman–Crippen LogP) is 1.64. The Balaban J connectivity index is 2.52. The van der Waals surface area contributed by atoms with Crippen molar-refractivity contribution in [1.29, 1.82) is 0 Å². The zero-order valence-corrected chi connectivity index (χ0v) is 7.02. The molecule has 1 aromatic carbocycles. The van der Waals surface area contributed by atoms with Gasteiger partial charge in [-0.25, -0.2) is 4.79 Å². The lowest BCUT2D eigenvalue weighted by Gasteiger charge is -2.01. The number of anilines is 1. The molecule has 0 saturated carbocycles. The van der Waals surface area contributed by atoms with E-state index in [-0.39, 0.29) is 6.03 Å². The number of hydrogen-bond acceptors (Lipinski definition) is 2. The topological polar surface area (TPSA) is 41.1 Å². The van der Waals surface area contributed by atoms with Crippen molar-refractivity contribution in [2.75, 3.05) is 5.32 Å². The highest BCUT2D eigenvalue weighted by atomic mass is 32.1. The van der Waals surface area contributed by atoms with Gasteiger partial charge < -0.3 is 5.32 Å². The van der Waals surface area contributed by atoms with Crippen LogP contribution in [0.5, 0.6) is 0 Å². The van der Waals surface area contributed by atoms with Gasteiger partial charge in [0.2, 0.25) is 0 Å². The molecule has 0 atom stereocenters. The van der Waals surface area contributed by atoms with E-state index in [2.05, 4.69) is 28.3 Å². The molecule has 0 heterocycles. The first-order chi connectivity index (χ1) is 5.83. The molecule has 2 N–H and O–H groups in total. The fourth-order valence-corrected chi connectivity index (χ4v) is 0.823. The van der Waals surface area contributed by atoms with Gasteiger partial charge in [-0.1, -0.05) is 30.4 Å². The Bertz CT molecular complexity index is 274. The Labute approximate surface area is 75.8 Å². The third-order valence-corrected chi connectivity index (χ3v) is 1.30. The molecule has 0 bridgehead atoms. The maximum Gasteiger partial charge on any atom is 0.324 e. The highest BCUT2D eigenvalue weighted by Crippen LogP contribution is 2.03. The highest BCUT2D eigenvalue weighted by molar-refractivity contribution is 7.78. The second-order valence-corrected chi connectivity index (χ2v) is 2.25. The fraction of sp³-hybridized carbons (Fsp3) is 0. The van der Waals surface area contributed by atoms with Gasteiger partial charge in [-0.3, -0.25) is 5.32 Å². The number of hydrogen-bond donors (Lipinski definition) is 2. The van der Waals surface area contributed by atoms with Crippen LogP contribution in [0.3, 0.4) is 0 Å². The van der Waals surface area contributed by atoms with Crippen LogP contribution in [0.2, 0.25) is 0 Å². The Kier molecular flexibility index (Phi) is 3.22. The Morgan fingerprint density at radius 3 is 2.58 bits per heavy atom. The van der Waals surface area contributed by atoms with Crippen molar-refractivity contribution in [1.82, 2.24) is 5.32 Å². The van der Waals surface area contributed by atoms with Gasteiger partial charge in [-0.05, 0) is 12.1 Å². The summed E-state index contributed by atoms with van der Waals surface area (Å²) >= 11 is 4.32. The molecule has 61 valence electrons. The molecule has 0 unspecified atom stereocenters. The molecule has 0 fully saturated rings. The molecule has 0 spiro atoms. The lowest BCUT2D eigenvalue weighted by molar-refractivity contribution is 0.256. The van der Waals surface area contributed by atoms with Crippen molar-refractivity contribution in [2.24, 2.45) is 0 Å². The molecule has 1 aromatic rings. The largest absolute Gasteiger partial charge is 0.324 e. The standard InChI is InChI=1S/C8H7N2OS/c11-8(9-6-12)10-7-4-2-1-3-5-7/h1-5H,(H2,9,10,11,12). The average Bonchev–Trinajstić information content (AvgIpc) is 2.06. The van der Waals surface area contributed by atoms with Crippen LogP contribution in [0.15, 0.2) is 30.3 Å². The molecular weight excluding hydrogens is 172 g/mol. The van der Waals surface area contributed by atoms with Gasteiger partial charge in [0, 0.05) is 5.69 Å². The van der Waals surface area contributed by atoms with Gasteiger partial charge in [-0.15, -0.1) is 0 Å². The number of carbonyl (C=O) groups is 1. The number of amides is 2. The normalized spacial score (nSPS) is 8.67. The number of para-hydroxylation sites is 1. The van der Waals surface area contributed by atoms with Crippen molar-refractivity contribution in [3.8, 4) is 0 Å². The maximum atomic E-state index is 10.9. The summed E-state index contributed by atoms with van der Waals surface area (Å²) in [5, 5.41) is 4.77. The Morgan fingerprint density at radius 2 is 2.00 bits per heavy atom. The van der Waals surface area contributed by atoms with E-state index >= 15 is 0 Å². The quantitative estimate of drug-likeness (QED) is 0.535. The molecule has 3 nitrogen and oxygen atoms in total. The molecule has 1 radical (unpaired) electrons. The van der Waals surface area contributed by atoms with Gasteiger partial charge >= 0.3 is 6.03 Å². The van der Waals surface area contributed by atoms with E-state index in [1.807, 2.05) is 18.2 Å². The van der Waals surface area contributed by atoms with Crippen LogP contribution >= 0.6 is 12.2 Å². The van der Waals surface area contributed by atoms with E-state index in [4.69, 9.17) is 0 Å². The Hall–Kier alpha value is -1.42. The number of carbonyl (C=O) groups excluding carboxylic acids is 1. The van der Waals surface area contributed by atoms with Gasteiger partial charge in [0.15, 0.2) is 0 Å². The summed E-state index contributed by atoms with van der Waals surface area (Å²) in [7, 11) is 0. The smallest absolute Gasteiger partial charge is 0.308 e. The fourth-order valence-electron chi connectivity index (χ4n) is 0.730. The molecule has 0 aliphatic heterocycles. The zero-order chi connectivity index (χ0) is 8.81. The minimum atomic E-state index is -0.379. The molecule has 4 heteroatoms. The first-order valence-electron chi connectivity index (χ1n) is 3.32. The number of benzene rings is 1. The van der Waals surface area contributed by atoms with E-state index in [1.165, 1.54) is 0 Å². The first kappa shape index (κ1) is 8.67. The second kappa shape index (κ2) is 4.46. The summed E-state index contributed by atoms with van der Waals surface area (Å²) in [4.78, 5) is 10.9. The van der Waals surface area contributed by atoms with Crippen LogP contribution in [0.25, 0.3) is 0 Å². The first-order valence-corrected chi connectivity index (χ1v) is 3.73. The van der Waals surface area contributed by atoms with Gasteiger partial charge in [0.05, 0.1) is 0 Å². The second-order valence-electron chi connectivity index (χ2n) is 2.05. The number of rotatable bonds is 2. The summed E-state index contributed by atoms with van der Waals surface area (Å²) in [6, 6.07) is 8.71. The van der Waals surface area contributed by atoms with Crippen LogP contribution < -0.4 is 10.6 Å². The summed E-state index contributed by atoms with van der Waals surface area (Å²) in [6.45, 7) is 0. The average molecular weight is 179 g/mol. The molecule has 1 rings (SSSR count). The van der Waals surface area contributed by atoms with Gasteiger partial charge in [0.25, 0.3) is 0 Å². The van der Waals surface area contributed by atoms with Crippen LogP contribution in [-0.4, -0.2) is 11.5 Å².